The van der Waals surface area contributed by atoms with Gasteiger partial charge in [0.25, 0.3) is 0 Å². The summed E-state index contributed by atoms with van der Waals surface area (Å²) in [7, 11) is -3.16. The van der Waals surface area contributed by atoms with E-state index < -0.39 is 10.0 Å². The van der Waals surface area contributed by atoms with Gasteiger partial charge in [-0.15, -0.1) is 0 Å². The summed E-state index contributed by atoms with van der Waals surface area (Å²) in [5.41, 5.74) is 0.876. The Balaban J connectivity index is 1.54. The molecule has 2 atom stereocenters. The van der Waals surface area contributed by atoms with Crippen LogP contribution in [0.15, 0.2) is 10.6 Å². The fourth-order valence-corrected chi connectivity index (χ4v) is 4.50. The third kappa shape index (κ3) is 4.17. The summed E-state index contributed by atoms with van der Waals surface area (Å²) in [4.78, 5) is 2.30. The molecular formula is C16H27N3O4S. The molecular weight excluding hydrogens is 330 g/mol. The first-order valence-corrected chi connectivity index (χ1v) is 10.3. The zero-order valence-corrected chi connectivity index (χ0v) is 15.4. The fourth-order valence-electron chi connectivity index (χ4n) is 3.58. The monoisotopic (exact) mass is 357 g/mol. The van der Waals surface area contributed by atoms with Crippen LogP contribution in [0, 0.1) is 11.3 Å². The van der Waals surface area contributed by atoms with Crippen LogP contribution in [0.25, 0.3) is 0 Å². The van der Waals surface area contributed by atoms with Crippen LogP contribution >= 0.6 is 0 Å². The van der Waals surface area contributed by atoms with Gasteiger partial charge in [-0.1, -0.05) is 19.0 Å². The molecule has 0 bridgehead atoms. The van der Waals surface area contributed by atoms with E-state index in [9.17, 15) is 8.42 Å². The van der Waals surface area contributed by atoms with E-state index in [4.69, 9.17) is 9.26 Å². The number of rotatable bonds is 6. The van der Waals surface area contributed by atoms with Gasteiger partial charge in [-0.3, -0.25) is 4.90 Å². The average molecular weight is 357 g/mol. The number of aromatic nitrogens is 1. The lowest BCUT2D eigenvalue weighted by molar-refractivity contribution is 0.0269. The van der Waals surface area contributed by atoms with Gasteiger partial charge in [0.2, 0.25) is 10.0 Å². The molecule has 8 heteroatoms. The summed E-state index contributed by atoms with van der Waals surface area (Å²) in [6, 6.07) is 2.03. The van der Waals surface area contributed by atoms with Crippen LogP contribution in [-0.4, -0.2) is 57.1 Å². The predicted molar refractivity (Wildman–Crippen MR) is 90.0 cm³/mol. The maximum absolute atomic E-state index is 11.4. The summed E-state index contributed by atoms with van der Waals surface area (Å²) in [5.74, 6) is 1.29. The Morgan fingerprint density at radius 3 is 2.71 bits per heavy atom. The number of nitrogens with one attached hydrogen (secondary N) is 1. The summed E-state index contributed by atoms with van der Waals surface area (Å²) in [6.45, 7) is 8.37. The highest BCUT2D eigenvalue weighted by Gasteiger charge is 2.49. The second-order valence-corrected chi connectivity index (χ2v) is 9.35. The van der Waals surface area contributed by atoms with E-state index in [-0.39, 0.29) is 11.5 Å². The number of ether oxygens (including phenoxy) is 1. The Labute approximate surface area is 143 Å². The van der Waals surface area contributed by atoms with Gasteiger partial charge >= 0.3 is 0 Å². The van der Waals surface area contributed by atoms with E-state index in [2.05, 4.69) is 28.6 Å². The Morgan fingerprint density at radius 1 is 1.38 bits per heavy atom. The second-order valence-electron chi connectivity index (χ2n) is 7.57. The number of nitrogens with zero attached hydrogens (tertiary/aromatic N) is 2. The third-order valence-corrected chi connectivity index (χ3v) is 6.09. The van der Waals surface area contributed by atoms with Gasteiger partial charge in [0, 0.05) is 25.2 Å². The summed E-state index contributed by atoms with van der Waals surface area (Å²) in [6.07, 6.45) is 2.87. The van der Waals surface area contributed by atoms with Gasteiger partial charge in [0.05, 0.1) is 31.7 Å². The number of morpholine rings is 1. The first-order valence-electron chi connectivity index (χ1n) is 8.46. The van der Waals surface area contributed by atoms with Gasteiger partial charge in [0.15, 0.2) is 5.76 Å². The van der Waals surface area contributed by atoms with E-state index in [1.807, 2.05) is 6.07 Å². The van der Waals surface area contributed by atoms with Crippen molar-refractivity contribution < 1.29 is 17.7 Å². The van der Waals surface area contributed by atoms with Crippen LogP contribution in [0.1, 0.15) is 31.7 Å². The molecule has 2 fully saturated rings. The molecule has 1 saturated carbocycles. The molecule has 0 spiro atoms. The van der Waals surface area contributed by atoms with Crippen molar-refractivity contribution in [1.29, 1.82) is 0 Å². The molecule has 0 amide bonds. The number of hydrogen-bond acceptors (Lipinski definition) is 6. The predicted octanol–water partition coefficient (Wildman–Crippen LogP) is 1.01. The lowest BCUT2D eigenvalue weighted by Gasteiger charge is -2.52. The summed E-state index contributed by atoms with van der Waals surface area (Å²) >= 11 is 0. The number of hydrogen-bond donors (Lipinski definition) is 1. The van der Waals surface area contributed by atoms with Crippen molar-refractivity contribution in [3.8, 4) is 0 Å². The fraction of sp³-hybridized carbons (Fsp3) is 0.812. The Kier molecular flexibility index (Phi) is 5.01. The topological polar surface area (TPSA) is 84.7 Å². The standard InChI is InChI=1S/C16H27N3O4S/c1-16(2)12(9-15(16)18-24(3,20)21)8-13-10-14(23-17-13)11-19-4-6-22-7-5-19/h10,12,15,18H,4-9,11H2,1-3H3/t12-,15+/m1/s1. The molecule has 1 aliphatic heterocycles. The zero-order valence-electron chi connectivity index (χ0n) is 14.6. The lowest BCUT2D eigenvalue weighted by atomic mass is 9.57. The molecule has 2 heterocycles. The van der Waals surface area contributed by atoms with E-state index in [1.54, 1.807) is 0 Å². The highest BCUT2D eigenvalue weighted by molar-refractivity contribution is 7.88. The van der Waals surface area contributed by atoms with Gasteiger partial charge in [0.1, 0.15) is 0 Å². The van der Waals surface area contributed by atoms with Crippen molar-refractivity contribution in [3.63, 3.8) is 0 Å². The molecule has 136 valence electrons. The molecule has 1 N–H and O–H groups in total. The average Bonchev–Trinajstić information content (AvgIpc) is 2.93. The van der Waals surface area contributed by atoms with Crippen LogP contribution < -0.4 is 4.72 Å². The van der Waals surface area contributed by atoms with Crippen molar-refractivity contribution >= 4 is 10.0 Å². The SMILES string of the molecule is CC1(C)[C@H](Cc2cc(CN3CCOCC3)on2)C[C@@H]1NS(C)(=O)=O. The Morgan fingerprint density at radius 2 is 2.08 bits per heavy atom. The Hall–Kier alpha value is -0.960. The van der Waals surface area contributed by atoms with E-state index in [0.29, 0.717) is 5.92 Å². The smallest absolute Gasteiger partial charge is 0.208 e. The van der Waals surface area contributed by atoms with Gasteiger partial charge in [-0.05, 0) is 24.2 Å². The first-order chi connectivity index (χ1) is 11.2. The molecule has 0 radical (unpaired) electrons. The highest BCUT2D eigenvalue weighted by atomic mass is 32.2. The third-order valence-electron chi connectivity index (χ3n) is 5.37. The maximum atomic E-state index is 11.4. The van der Waals surface area contributed by atoms with Crippen LogP contribution in [0.2, 0.25) is 0 Å². The minimum absolute atomic E-state index is 0.00257. The van der Waals surface area contributed by atoms with Crippen LogP contribution in [0.5, 0.6) is 0 Å². The van der Waals surface area contributed by atoms with Gasteiger partial charge in [-0.25, -0.2) is 13.1 Å². The molecule has 24 heavy (non-hydrogen) atoms. The number of sulfonamides is 1. The first kappa shape index (κ1) is 17.8. The normalized spacial score (nSPS) is 27.8. The second kappa shape index (κ2) is 6.74. The molecule has 2 aliphatic rings. The van der Waals surface area contributed by atoms with Gasteiger partial charge < -0.3 is 9.26 Å². The lowest BCUT2D eigenvalue weighted by Crippen LogP contribution is -2.58. The molecule has 1 aliphatic carbocycles. The van der Waals surface area contributed by atoms with Gasteiger partial charge in [-0.2, -0.15) is 0 Å². The van der Waals surface area contributed by atoms with Crippen molar-refractivity contribution in [2.75, 3.05) is 32.6 Å². The van der Waals surface area contributed by atoms with Crippen molar-refractivity contribution in [3.05, 3.63) is 17.5 Å². The van der Waals surface area contributed by atoms with Crippen molar-refractivity contribution in [1.82, 2.24) is 14.8 Å². The molecule has 7 nitrogen and oxygen atoms in total. The molecule has 3 rings (SSSR count). The molecule has 1 saturated heterocycles. The maximum Gasteiger partial charge on any atom is 0.208 e. The van der Waals surface area contributed by atoms with Crippen molar-refractivity contribution in [2.45, 2.75) is 39.3 Å². The zero-order chi connectivity index (χ0) is 17.4. The highest BCUT2D eigenvalue weighted by Crippen LogP contribution is 2.48. The molecule has 0 unspecified atom stereocenters. The molecule has 1 aromatic heterocycles. The van der Waals surface area contributed by atoms with E-state index in [0.717, 1.165) is 57.1 Å². The largest absolute Gasteiger partial charge is 0.379 e. The minimum atomic E-state index is -3.16. The van der Waals surface area contributed by atoms with Crippen LogP contribution in [0.4, 0.5) is 0 Å². The van der Waals surface area contributed by atoms with E-state index in [1.165, 1.54) is 6.26 Å². The Bertz CT molecular complexity index is 665. The van der Waals surface area contributed by atoms with E-state index >= 15 is 0 Å². The molecule has 0 aromatic carbocycles. The molecule has 1 aromatic rings. The summed E-state index contributed by atoms with van der Waals surface area (Å²) in [5, 5.41) is 4.20. The van der Waals surface area contributed by atoms with Crippen LogP contribution in [-0.2, 0) is 27.7 Å². The van der Waals surface area contributed by atoms with Crippen molar-refractivity contribution in [2.24, 2.45) is 11.3 Å². The quantitative estimate of drug-likeness (QED) is 0.818. The summed E-state index contributed by atoms with van der Waals surface area (Å²) < 4.78 is 36.4. The van der Waals surface area contributed by atoms with Crippen LogP contribution in [0.3, 0.4) is 0 Å². The minimum Gasteiger partial charge on any atom is -0.379 e.